The number of hydrogen-bond donors (Lipinski definition) is 0. The van der Waals surface area contributed by atoms with E-state index in [2.05, 4.69) is 111 Å². The molecule has 0 spiro atoms. The van der Waals surface area contributed by atoms with Gasteiger partial charge in [-0.1, -0.05) is 166 Å². The van der Waals surface area contributed by atoms with E-state index in [1.165, 1.54) is 119 Å². The van der Waals surface area contributed by atoms with E-state index < -0.39 is 0 Å². The molecule has 0 atom stereocenters. The van der Waals surface area contributed by atoms with Gasteiger partial charge in [0.25, 0.3) is 0 Å². The van der Waals surface area contributed by atoms with Gasteiger partial charge in [-0.2, -0.15) is 0 Å². The molecule has 0 saturated heterocycles. The van der Waals surface area contributed by atoms with Gasteiger partial charge in [-0.25, -0.2) is 4.70 Å². The van der Waals surface area contributed by atoms with Gasteiger partial charge in [0.2, 0.25) is 11.4 Å². The predicted molar refractivity (Wildman–Crippen MR) is 222 cm³/mol. The lowest BCUT2D eigenvalue weighted by Gasteiger charge is -2.14. The van der Waals surface area contributed by atoms with Gasteiger partial charge >= 0.3 is 0 Å². The number of aryl methyl sites for hydroxylation is 2. The number of unbranched alkanes of at least 4 members (excludes halogenated alkanes) is 17. The van der Waals surface area contributed by atoms with Crippen LogP contribution in [0.5, 0.6) is 0 Å². The lowest BCUT2D eigenvalue weighted by molar-refractivity contribution is -0.344. The molecule has 0 radical (unpaired) electrons. The van der Waals surface area contributed by atoms with Crippen LogP contribution in [0.4, 0.5) is 0 Å². The van der Waals surface area contributed by atoms with Crippen molar-refractivity contribution >= 4 is 11.4 Å². The summed E-state index contributed by atoms with van der Waals surface area (Å²) in [4.78, 5) is 0. The van der Waals surface area contributed by atoms with E-state index >= 15 is 0 Å². The summed E-state index contributed by atoms with van der Waals surface area (Å²) >= 11 is 0. The van der Waals surface area contributed by atoms with Crippen LogP contribution in [0.2, 0.25) is 0 Å². The van der Waals surface area contributed by atoms with Gasteiger partial charge in [0, 0.05) is 42.9 Å². The summed E-state index contributed by atoms with van der Waals surface area (Å²) in [6.07, 6.45) is 35.4. The van der Waals surface area contributed by atoms with Crippen molar-refractivity contribution in [3.8, 4) is 23.7 Å². The second-order valence-corrected chi connectivity index (χ2v) is 14.3. The first-order chi connectivity index (χ1) is 25.2. The molecule has 2 aromatic rings. The van der Waals surface area contributed by atoms with Crippen LogP contribution in [0.15, 0.2) is 72.3 Å². The van der Waals surface area contributed by atoms with Gasteiger partial charge in [0.05, 0.1) is 5.57 Å². The topological polar surface area (TPSA) is 25.3 Å². The maximum atomic E-state index is 11.9. The third-order valence-electron chi connectivity index (χ3n) is 9.92. The Labute approximate surface area is 313 Å². The van der Waals surface area contributed by atoms with Crippen LogP contribution >= 0.6 is 0 Å². The Morgan fingerprint density at radius 2 is 0.980 bits per heavy atom. The van der Waals surface area contributed by atoms with Gasteiger partial charge in [0.1, 0.15) is 0 Å². The number of benzene rings is 2. The van der Waals surface area contributed by atoms with E-state index in [0.717, 1.165) is 79.5 Å². The second-order valence-electron chi connectivity index (χ2n) is 14.3. The van der Waals surface area contributed by atoms with Gasteiger partial charge in [-0.3, -0.25) is 0 Å². The number of nitrogens with zero attached hydrogens (tertiary/aromatic N) is 2. The van der Waals surface area contributed by atoms with Crippen LogP contribution in [0.25, 0.3) is 16.9 Å². The lowest BCUT2D eigenvalue weighted by atomic mass is 9.98. The molecule has 0 bridgehead atoms. The Bertz CT molecular complexity index is 1510. The third kappa shape index (κ3) is 16.1. The minimum absolute atomic E-state index is 0.830. The van der Waals surface area contributed by atoms with Crippen LogP contribution in [-0.4, -0.2) is 4.70 Å². The molecule has 51 heavy (non-hydrogen) atoms. The fourth-order valence-corrected chi connectivity index (χ4v) is 6.88. The average Bonchev–Trinajstić information content (AvgIpc) is 3.47. The minimum atomic E-state index is 0.830. The van der Waals surface area contributed by atoms with Gasteiger partial charge in [-0.05, 0) is 55.4 Å². The van der Waals surface area contributed by atoms with Crippen molar-refractivity contribution in [1.29, 1.82) is 0 Å². The molecule has 2 aromatic carbocycles. The van der Waals surface area contributed by atoms with Crippen molar-refractivity contribution in [3.63, 3.8) is 0 Å². The molecule has 0 unspecified atom stereocenters. The molecule has 2 nitrogen and oxygen atoms in total. The molecule has 0 aromatic heterocycles. The number of allylic oxidation sites excluding steroid dienone is 4. The zero-order chi connectivity index (χ0) is 36.2. The smallest absolute Gasteiger partial charge is 0.215 e. The number of hydrogen-bond acceptors (Lipinski definition) is 0. The van der Waals surface area contributed by atoms with Crippen molar-refractivity contribution in [2.45, 2.75) is 175 Å². The van der Waals surface area contributed by atoms with Crippen molar-refractivity contribution in [3.05, 3.63) is 100 Å². The summed E-state index contributed by atoms with van der Waals surface area (Å²) in [5, 5.41) is 0. The normalized spacial score (nSPS) is 12.6. The molecule has 1 aliphatic heterocycles. The molecule has 2 heteroatoms. The maximum Gasteiger partial charge on any atom is 0.215 e. The minimum Gasteiger partial charge on any atom is -0.493 e. The SMILES string of the molecule is CCCC=CC1=C(c2ccccc2CCC#CCCCCCCCCCC)[N+](=[N-])C(c2ccccc2CCC#CCCCCCCCCCC)=C1. The Balaban J connectivity index is 1.61. The summed E-state index contributed by atoms with van der Waals surface area (Å²) < 4.78 is 1.44. The first kappa shape index (κ1) is 41.8. The highest BCUT2D eigenvalue weighted by atomic mass is 15.2. The predicted octanol–water partition coefficient (Wildman–Crippen LogP) is 14.8. The Kier molecular flexibility index (Phi) is 22.2. The highest BCUT2D eigenvalue weighted by Crippen LogP contribution is 2.38. The summed E-state index contributed by atoms with van der Waals surface area (Å²) in [5.74, 6) is 13.7. The van der Waals surface area contributed by atoms with Crippen molar-refractivity contribution in [1.82, 2.24) is 0 Å². The van der Waals surface area contributed by atoms with Crippen molar-refractivity contribution in [2.75, 3.05) is 0 Å². The molecule has 3 rings (SSSR count). The summed E-state index contributed by atoms with van der Waals surface area (Å²) in [6.45, 7) is 6.76. The van der Waals surface area contributed by atoms with E-state index in [1.54, 1.807) is 0 Å². The molecule has 0 aliphatic carbocycles. The van der Waals surface area contributed by atoms with Gasteiger partial charge in [-0.15, -0.1) is 23.7 Å². The average molecular weight is 685 g/mol. The molecule has 0 N–H and O–H groups in total. The van der Waals surface area contributed by atoms with E-state index in [0.29, 0.717) is 0 Å². The van der Waals surface area contributed by atoms with E-state index in [-0.39, 0.29) is 0 Å². The third-order valence-corrected chi connectivity index (χ3v) is 9.92. The molecule has 1 heterocycles. The first-order valence-corrected chi connectivity index (χ1v) is 20.9. The highest BCUT2D eigenvalue weighted by Gasteiger charge is 2.30. The maximum absolute atomic E-state index is 11.9. The van der Waals surface area contributed by atoms with E-state index in [9.17, 15) is 5.53 Å². The molecule has 0 amide bonds. The molecule has 0 fully saturated rings. The molecule has 1 aliphatic rings. The monoisotopic (exact) mass is 685 g/mol. The van der Waals surface area contributed by atoms with Crippen molar-refractivity contribution < 1.29 is 4.70 Å². The molecule has 274 valence electrons. The zero-order valence-corrected chi connectivity index (χ0v) is 32.7. The quantitative estimate of drug-likeness (QED) is 0.0565. The standard InChI is InChI=1S/C49H68N2/c1-4-7-10-12-14-16-18-20-22-24-26-29-35-43-37-31-33-40-46(43)48-42-45(39-28-9-6-3)49(51(48)50)47-41-34-32-38-44(47)36-30-27-25-23-21-19-17-15-13-11-8-5-2/h28,31-34,37-42H,4-23,29-30,35-36H2,1-3H3. The van der Waals surface area contributed by atoms with E-state index in [4.69, 9.17) is 0 Å². The fraction of sp³-hybridized carbons (Fsp3) is 0.551. The lowest BCUT2D eigenvalue weighted by Crippen LogP contribution is -2.06. The van der Waals surface area contributed by atoms with Gasteiger partial charge < -0.3 is 5.53 Å². The van der Waals surface area contributed by atoms with Crippen LogP contribution in [-0.2, 0) is 12.8 Å². The Hall–Kier alpha value is -3.62. The Morgan fingerprint density at radius 3 is 1.51 bits per heavy atom. The van der Waals surface area contributed by atoms with Crippen LogP contribution in [0.3, 0.4) is 0 Å². The summed E-state index contributed by atoms with van der Waals surface area (Å²) in [5.41, 5.74) is 19.2. The Morgan fingerprint density at radius 1 is 0.529 bits per heavy atom. The summed E-state index contributed by atoms with van der Waals surface area (Å²) in [7, 11) is 0. The largest absolute Gasteiger partial charge is 0.493 e. The zero-order valence-electron chi connectivity index (χ0n) is 32.7. The molecular weight excluding hydrogens is 617 g/mol. The first-order valence-electron chi connectivity index (χ1n) is 20.9. The highest BCUT2D eigenvalue weighted by molar-refractivity contribution is 5.82. The van der Waals surface area contributed by atoms with Crippen LogP contribution in [0.1, 0.15) is 184 Å². The molecule has 0 saturated carbocycles. The van der Waals surface area contributed by atoms with E-state index in [1.807, 2.05) is 0 Å². The van der Waals surface area contributed by atoms with Crippen LogP contribution in [0, 0.1) is 23.7 Å². The number of rotatable bonds is 25. The van der Waals surface area contributed by atoms with Crippen LogP contribution < -0.4 is 0 Å². The molecular formula is C49H68N2. The summed E-state index contributed by atoms with van der Waals surface area (Å²) in [6, 6.07) is 17.0. The second kappa shape index (κ2) is 27.1. The fourth-order valence-electron chi connectivity index (χ4n) is 6.88. The van der Waals surface area contributed by atoms with Gasteiger partial charge in [0.15, 0.2) is 0 Å². The van der Waals surface area contributed by atoms with Crippen molar-refractivity contribution in [2.24, 2.45) is 0 Å².